The molecule has 0 saturated carbocycles. The van der Waals surface area contributed by atoms with Crippen molar-refractivity contribution < 1.29 is 22.7 Å². The first-order chi connectivity index (χ1) is 15.7. The Morgan fingerprint density at radius 3 is 2.33 bits per heavy atom. The molecule has 2 rings (SSSR count). The highest BCUT2D eigenvalue weighted by Gasteiger charge is 2.16. The van der Waals surface area contributed by atoms with Crippen LogP contribution in [0, 0.1) is 17.5 Å². The number of benzene rings is 2. The van der Waals surface area contributed by atoms with E-state index in [1.54, 1.807) is 12.1 Å². The molecule has 0 spiro atoms. The number of halogens is 3. The number of nitrogens with zero attached hydrogens (tertiary/aromatic N) is 1. The Hall–Kier alpha value is -3.13. The van der Waals surface area contributed by atoms with Crippen LogP contribution in [0.25, 0.3) is 5.57 Å². The van der Waals surface area contributed by atoms with Gasteiger partial charge in [0.15, 0.2) is 17.6 Å². The Morgan fingerprint density at radius 2 is 1.73 bits per heavy atom. The Bertz CT molecular complexity index is 991. The number of aliphatic imine (C=N–C) groups is 1. The molecular weight excluding hydrogens is 431 g/mol. The predicted molar refractivity (Wildman–Crippen MR) is 124 cm³/mol. The van der Waals surface area contributed by atoms with Crippen LogP contribution in [0.3, 0.4) is 0 Å². The number of rotatable bonds is 9. The van der Waals surface area contributed by atoms with Gasteiger partial charge in [0.2, 0.25) is 0 Å². The van der Waals surface area contributed by atoms with Gasteiger partial charge in [0, 0.05) is 18.2 Å². The smallest absolute Gasteiger partial charge is 0.258 e. The summed E-state index contributed by atoms with van der Waals surface area (Å²) in [7, 11) is 0. The quantitative estimate of drug-likeness (QED) is 0.404. The molecule has 0 radical (unpaired) electrons. The minimum Gasteiger partial charge on any atom is -0.380 e. The Balaban J connectivity index is 2.16. The molecule has 0 aromatic heterocycles. The van der Waals surface area contributed by atoms with Crippen LogP contribution in [0.4, 0.5) is 13.2 Å². The first-order valence-corrected chi connectivity index (χ1v) is 10.8. The Labute approximate surface area is 192 Å². The monoisotopic (exact) mass is 461 g/mol. The zero-order valence-electron chi connectivity index (χ0n) is 19.3. The van der Waals surface area contributed by atoms with Crippen molar-refractivity contribution in [2.24, 2.45) is 4.99 Å². The summed E-state index contributed by atoms with van der Waals surface area (Å²) in [5.41, 5.74) is 1.85. The molecular formula is C25H30F3N3O2. The molecule has 33 heavy (non-hydrogen) atoms. The van der Waals surface area contributed by atoms with E-state index in [9.17, 15) is 18.0 Å². The van der Waals surface area contributed by atoms with E-state index in [-0.39, 0.29) is 29.4 Å². The van der Waals surface area contributed by atoms with E-state index in [1.165, 1.54) is 18.2 Å². The van der Waals surface area contributed by atoms with Gasteiger partial charge in [-0.05, 0) is 75.6 Å². The van der Waals surface area contributed by atoms with Crippen LogP contribution in [-0.4, -0.2) is 37.2 Å². The third-order valence-corrected chi connectivity index (χ3v) is 4.80. The maximum absolute atomic E-state index is 13.6. The number of ether oxygens (including phenoxy) is 1. The largest absolute Gasteiger partial charge is 0.380 e. The second kappa shape index (κ2) is 12.8. The number of carbonyl (C=O) groups is 1. The molecule has 1 amide bonds. The van der Waals surface area contributed by atoms with Gasteiger partial charge in [-0.3, -0.25) is 10.1 Å². The number of amides is 1. The summed E-state index contributed by atoms with van der Waals surface area (Å²) in [5.74, 6) is -2.88. The van der Waals surface area contributed by atoms with Crippen molar-refractivity contribution in [1.29, 1.82) is 0 Å². The molecule has 0 bridgehead atoms. The zero-order chi connectivity index (χ0) is 24.4. The van der Waals surface area contributed by atoms with Crippen LogP contribution < -0.4 is 10.6 Å². The van der Waals surface area contributed by atoms with Gasteiger partial charge in [0.05, 0.1) is 12.6 Å². The molecule has 2 atom stereocenters. The third kappa shape index (κ3) is 8.38. The summed E-state index contributed by atoms with van der Waals surface area (Å²) in [6, 6.07) is 8.74. The Kier molecular flexibility index (Phi) is 10.1. The van der Waals surface area contributed by atoms with Gasteiger partial charge in [-0.25, -0.2) is 18.2 Å². The molecule has 8 heteroatoms. The first kappa shape index (κ1) is 26.1. The fourth-order valence-electron chi connectivity index (χ4n) is 3.15. The topological polar surface area (TPSA) is 62.7 Å². The van der Waals surface area contributed by atoms with Gasteiger partial charge in [-0.1, -0.05) is 18.2 Å². The van der Waals surface area contributed by atoms with Crippen LogP contribution in [0.2, 0.25) is 0 Å². The summed E-state index contributed by atoms with van der Waals surface area (Å²) in [6.45, 7) is 8.41. The standard InChI is InChI=1S/C25H30F3N3O2/c1-5-18(19-7-10-21(26)11-8-19)13-16(3)29-25(30-17(4)15-33-6-2)31-24(32)20-9-12-22(27)23(28)14-20/h5,7-12,14,16-17H,6,13,15H2,1-4H3,(H2,29,30,31,32). The average molecular weight is 462 g/mol. The van der Waals surface area contributed by atoms with Crippen LogP contribution >= 0.6 is 0 Å². The molecule has 2 unspecified atom stereocenters. The van der Waals surface area contributed by atoms with Gasteiger partial charge in [-0.2, -0.15) is 0 Å². The first-order valence-electron chi connectivity index (χ1n) is 10.8. The van der Waals surface area contributed by atoms with Crippen LogP contribution in [0.5, 0.6) is 0 Å². The highest BCUT2D eigenvalue weighted by Crippen LogP contribution is 2.20. The molecule has 0 aliphatic carbocycles. The molecule has 2 aromatic carbocycles. The van der Waals surface area contributed by atoms with Crippen molar-refractivity contribution in [3.8, 4) is 0 Å². The SMILES string of the molecule is CC=C(CC(C)NC(=NC(C)COCC)NC(=O)c1ccc(F)c(F)c1)c1ccc(F)cc1. The Morgan fingerprint density at radius 1 is 1.06 bits per heavy atom. The second-order valence-corrected chi connectivity index (χ2v) is 7.64. The number of nitrogens with one attached hydrogen (secondary N) is 2. The van der Waals surface area contributed by atoms with E-state index < -0.39 is 17.5 Å². The third-order valence-electron chi connectivity index (χ3n) is 4.80. The molecule has 0 aliphatic heterocycles. The summed E-state index contributed by atoms with van der Waals surface area (Å²) < 4.78 is 45.4. The van der Waals surface area contributed by atoms with E-state index in [0.29, 0.717) is 19.6 Å². The average Bonchev–Trinajstić information content (AvgIpc) is 2.78. The lowest BCUT2D eigenvalue weighted by Crippen LogP contribution is -2.45. The van der Waals surface area contributed by atoms with Crippen molar-refractivity contribution in [3.63, 3.8) is 0 Å². The number of hydrogen-bond donors (Lipinski definition) is 2. The van der Waals surface area contributed by atoms with Gasteiger partial charge in [0.1, 0.15) is 5.82 Å². The minimum absolute atomic E-state index is 0.0334. The lowest BCUT2D eigenvalue weighted by atomic mass is 9.99. The van der Waals surface area contributed by atoms with Gasteiger partial charge in [0.25, 0.3) is 5.91 Å². The molecule has 2 N–H and O–H groups in total. The summed E-state index contributed by atoms with van der Waals surface area (Å²) >= 11 is 0. The van der Waals surface area contributed by atoms with E-state index in [1.807, 2.05) is 33.8 Å². The summed E-state index contributed by atoms with van der Waals surface area (Å²) in [4.78, 5) is 17.1. The van der Waals surface area contributed by atoms with E-state index in [2.05, 4.69) is 15.6 Å². The fraction of sp³-hybridized carbons (Fsp3) is 0.360. The van der Waals surface area contributed by atoms with Crippen LogP contribution in [0.1, 0.15) is 50.0 Å². The number of hydrogen-bond acceptors (Lipinski definition) is 3. The molecule has 178 valence electrons. The lowest BCUT2D eigenvalue weighted by molar-refractivity contribution is 0.0974. The fourth-order valence-corrected chi connectivity index (χ4v) is 3.15. The second-order valence-electron chi connectivity index (χ2n) is 7.64. The lowest BCUT2D eigenvalue weighted by Gasteiger charge is -2.20. The normalized spacial score (nSPS) is 14.0. The summed E-state index contributed by atoms with van der Waals surface area (Å²) in [5, 5.41) is 5.82. The molecule has 0 saturated heterocycles. The van der Waals surface area contributed by atoms with Gasteiger partial charge < -0.3 is 10.1 Å². The van der Waals surface area contributed by atoms with Gasteiger partial charge in [-0.15, -0.1) is 0 Å². The maximum atomic E-state index is 13.6. The number of carbonyl (C=O) groups excluding carboxylic acids is 1. The molecule has 0 fully saturated rings. The molecule has 0 aliphatic rings. The van der Waals surface area contributed by atoms with E-state index in [4.69, 9.17) is 4.74 Å². The van der Waals surface area contributed by atoms with Crippen LogP contribution in [0.15, 0.2) is 53.5 Å². The molecule has 2 aromatic rings. The van der Waals surface area contributed by atoms with Crippen molar-refractivity contribution in [2.45, 2.75) is 46.2 Å². The van der Waals surface area contributed by atoms with Crippen molar-refractivity contribution >= 4 is 17.4 Å². The van der Waals surface area contributed by atoms with Crippen LogP contribution in [-0.2, 0) is 4.74 Å². The van der Waals surface area contributed by atoms with Crippen molar-refractivity contribution in [3.05, 3.63) is 77.1 Å². The number of allylic oxidation sites excluding steroid dienone is 1. The highest BCUT2D eigenvalue weighted by molar-refractivity contribution is 6.05. The van der Waals surface area contributed by atoms with E-state index >= 15 is 0 Å². The highest BCUT2D eigenvalue weighted by atomic mass is 19.2. The molecule has 0 heterocycles. The minimum atomic E-state index is -1.11. The maximum Gasteiger partial charge on any atom is 0.258 e. The summed E-state index contributed by atoms with van der Waals surface area (Å²) in [6.07, 6.45) is 2.52. The van der Waals surface area contributed by atoms with E-state index in [0.717, 1.165) is 23.3 Å². The number of guanidine groups is 1. The molecule has 5 nitrogen and oxygen atoms in total. The van der Waals surface area contributed by atoms with Crippen molar-refractivity contribution in [2.75, 3.05) is 13.2 Å². The van der Waals surface area contributed by atoms with Crippen molar-refractivity contribution in [1.82, 2.24) is 10.6 Å². The van der Waals surface area contributed by atoms with Gasteiger partial charge >= 0.3 is 0 Å². The zero-order valence-corrected chi connectivity index (χ0v) is 19.3. The predicted octanol–water partition coefficient (Wildman–Crippen LogP) is 5.09.